The maximum absolute atomic E-state index is 11.3. The molecule has 1 N–H and O–H groups in total. The second-order valence-electron chi connectivity index (χ2n) is 3.65. The van der Waals surface area contributed by atoms with Gasteiger partial charge in [-0.15, -0.1) is 0 Å². The van der Waals surface area contributed by atoms with Gasteiger partial charge in [0, 0.05) is 7.11 Å². The summed E-state index contributed by atoms with van der Waals surface area (Å²) in [5, 5.41) is 0. The Morgan fingerprint density at radius 2 is 1.94 bits per heavy atom. The molecule has 0 aromatic heterocycles. The van der Waals surface area contributed by atoms with Crippen LogP contribution in [0.4, 0.5) is 0 Å². The summed E-state index contributed by atoms with van der Waals surface area (Å²) in [4.78, 5) is 16.2. The van der Waals surface area contributed by atoms with Crippen LogP contribution in [-0.4, -0.2) is 32.8 Å². The molecule has 1 rings (SSSR count). The average Bonchev–Trinajstić information content (AvgIpc) is 2.42. The number of methoxy groups -OCH3 is 1. The summed E-state index contributed by atoms with van der Waals surface area (Å²) in [5.74, 6) is 0.338. The molecule has 5 nitrogen and oxygen atoms in total. The molecular formula is C13H19NO4. The third kappa shape index (κ3) is 5.65. The van der Waals surface area contributed by atoms with Crippen LogP contribution in [-0.2, 0) is 20.8 Å². The van der Waals surface area contributed by atoms with Crippen molar-refractivity contribution in [3.05, 3.63) is 29.8 Å². The quantitative estimate of drug-likeness (QED) is 0.561. The largest absolute Gasteiger partial charge is 0.484 e. The van der Waals surface area contributed by atoms with Gasteiger partial charge in [-0.25, -0.2) is 5.48 Å². The predicted molar refractivity (Wildman–Crippen MR) is 67.3 cm³/mol. The summed E-state index contributed by atoms with van der Waals surface area (Å²) >= 11 is 0. The van der Waals surface area contributed by atoms with Crippen LogP contribution >= 0.6 is 0 Å². The average molecular weight is 253 g/mol. The standard InChI is InChI=1S/C13H19NO4/c1-3-11-4-6-12(7-5-11)17-10-13(15)14-18-9-8-16-2/h4-7H,3,8-10H2,1-2H3,(H,14,15). The molecule has 1 aromatic rings. The van der Waals surface area contributed by atoms with E-state index in [2.05, 4.69) is 12.4 Å². The van der Waals surface area contributed by atoms with Gasteiger partial charge in [-0.1, -0.05) is 19.1 Å². The molecule has 0 aliphatic rings. The van der Waals surface area contributed by atoms with Gasteiger partial charge in [-0.05, 0) is 24.1 Å². The molecule has 0 radical (unpaired) electrons. The van der Waals surface area contributed by atoms with E-state index in [1.165, 1.54) is 5.56 Å². The van der Waals surface area contributed by atoms with Gasteiger partial charge in [-0.3, -0.25) is 9.63 Å². The van der Waals surface area contributed by atoms with Gasteiger partial charge in [0.15, 0.2) is 6.61 Å². The van der Waals surface area contributed by atoms with Crippen LogP contribution in [0.1, 0.15) is 12.5 Å². The van der Waals surface area contributed by atoms with Crippen molar-refractivity contribution in [2.75, 3.05) is 26.9 Å². The number of hydroxylamine groups is 1. The molecule has 0 fully saturated rings. The van der Waals surface area contributed by atoms with Crippen molar-refractivity contribution in [2.24, 2.45) is 0 Å². The van der Waals surface area contributed by atoms with E-state index in [0.717, 1.165) is 6.42 Å². The fourth-order valence-corrected chi connectivity index (χ4v) is 1.26. The predicted octanol–water partition coefficient (Wildman–Crippen LogP) is 1.32. The van der Waals surface area contributed by atoms with Crippen molar-refractivity contribution in [1.29, 1.82) is 0 Å². The van der Waals surface area contributed by atoms with E-state index in [1.54, 1.807) is 7.11 Å². The first kappa shape index (κ1) is 14.5. The highest BCUT2D eigenvalue weighted by molar-refractivity contribution is 5.76. The van der Waals surface area contributed by atoms with Gasteiger partial charge in [-0.2, -0.15) is 0 Å². The van der Waals surface area contributed by atoms with Gasteiger partial charge in [0.25, 0.3) is 5.91 Å². The summed E-state index contributed by atoms with van der Waals surface area (Å²) in [7, 11) is 1.56. The van der Waals surface area contributed by atoms with Gasteiger partial charge in [0.1, 0.15) is 5.75 Å². The second kappa shape index (κ2) is 8.49. The van der Waals surface area contributed by atoms with Gasteiger partial charge < -0.3 is 9.47 Å². The number of rotatable bonds is 8. The van der Waals surface area contributed by atoms with Crippen LogP contribution in [0, 0.1) is 0 Å². The number of hydrogen-bond donors (Lipinski definition) is 1. The summed E-state index contributed by atoms with van der Waals surface area (Å²) in [6.07, 6.45) is 0.980. The van der Waals surface area contributed by atoms with Crippen molar-refractivity contribution in [1.82, 2.24) is 5.48 Å². The second-order valence-corrected chi connectivity index (χ2v) is 3.65. The Hall–Kier alpha value is -1.59. The van der Waals surface area contributed by atoms with Crippen molar-refractivity contribution in [3.8, 4) is 5.75 Å². The minimum Gasteiger partial charge on any atom is -0.484 e. The first-order chi connectivity index (χ1) is 8.76. The number of amides is 1. The van der Waals surface area contributed by atoms with Gasteiger partial charge >= 0.3 is 0 Å². The molecule has 1 aromatic carbocycles. The summed E-state index contributed by atoms with van der Waals surface area (Å²) < 4.78 is 10.1. The molecule has 0 bridgehead atoms. The summed E-state index contributed by atoms with van der Waals surface area (Å²) in [6, 6.07) is 7.64. The zero-order valence-electron chi connectivity index (χ0n) is 10.8. The Morgan fingerprint density at radius 1 is 1.22 bits per heavy atom. The Bertz CT molecular complexity index is 351. The SMILES string of the molecule is CCc1ccc(OCC(=O)NOCCOC)cc1. The number of benzene rings is 1. The molecule has 1 amide bonds. The van der Waals surface area contributed by atoms with Crippen molar-refractivity contribution in [3.63, 3.8) is 0 Å². The number of nitrogens with one attached hydrogen (secondary N) is 1. The van der Waals surface area contributed by atoms with Gasteiger partial charge in [0.2, 0.25) is 0 Å². The molecule has 0 saturated carbocycles. The van der Waals surface area contributed by atoms with E-state index in [-0.39, 0.29) is 12.5 Å². The normalized spacial score (nSPS) is 10.1. The molecule has 0 saturated heterocycles. The number of carbonyl (C=O) groups is 1. The fraction of sp³-hybridized carbons (Fsp3) is 0.462. The molecule has 0 aliphatic carbocycles. The number of ether oxygens (including phenoxy) is 2. The van der Waals surface area contributed by atoms with Crippen molar-refractivity contribution < 1.29 is 19.1 Å². The smallest absolute Gasteiger partial charge is 0.281 e. The van der Waals surface area contributed by atoms with E-state index in [0.29, 0.717) is 19.0 Å². The topological polar surface area (TPSA) is 56.8 Å². The summed E-state index contributed by atoms with van der Waals surface area (Å²) in [5.41, 5.74) is 3.50. The van der Waals surface area contributed by atoms with E-state index < -0.39 is 0 Å². The Kier molecular flexibility index (Phi) is 6.83. The van der Waals surface area contributed by atoms with E-state index in [4.69, 9.17) is 14.3 Å². The zero-order valence-corrected chi connectivity index (χ0v) is 10.8. The lowest BCUT2D eigenvalue weighted by atomic mass is 10.2. The highest BCUT2D eigenvalue weighted by Crippen LogP contribution is 2.12. The lowest BCUT2D eigenvalue weighted by Gasteiger charge is -2.07. The van der Waals surface area contributed by atoms with Crippen LogP contribution in [0.15, 0.2) is 24.3 Å². The third-order valence-electron chi connectivity index (χ3n) is 2.28. The van der Waals surface area contributed by atoms with Gasteiger partial charge in [0.05, 0.1) is 13.2 Å². The molecule has 18 heavy (non-hydrogen) atoms. The molecule has 0 unspecified atom stereocenters. The molecule has 0 aliphatic heterocycles. The molecule has 0 atom stereocenters. The Labute approximate surface area is 107 Å². The molecule has 100 valence electrons. The van der Waals surface area contributed by atoms with E-state index >= 15 is 0 Å². The summed E-state index contributed by atoms with van der Waals surface area (Å²) in [6.45, 7) is 2.76. The lowest BCUT2D eigenvalue weighted by Crippen LogP contribution is -2.30. The highest BCUT2D eigenvalue weighted by Gasteiger charge is 2.02. The van der Waals surface area contributed by atoms with Crippen molar-refractivity contribution >= 4 is 5.91 Å². The minimum atomic E-state index is -0.328. The van der Waals surface area contributed by atoms with Crippen LogP contribution < -0.4 is 10.2 Å². The zero-order chi connectivity index (χ0) is 13.2. The molecule has 0 heterocycles. The molecule has 5 heteroatoms. The van der Waals surface area contributed by atoms with Crippen molar-refractivity contribution in [2.45, 2.75) is 13.3 Å². The first-order valence-electron chi connectivity index (χ1n) is 5.87. The fourth-order valence-electron chi connectivity index (χ4n) is 1.26. The molecular weight excluding hydrogens is 234 g/mol. The Morgan fingerprint density at radius 3 is 2.56 bits per heavy atom. The first-order valence-corrected chi connectivity index (χ1v) is 5.87. The Balaban J connectivity index is 2.20. The number of carbonyl (C=O) groups excluding carboxylic acids is 1. The van der Waals surface area contributed by atoms with Crippen LogP contribution in [0.2, 0.25) is 0 Å². The minimum absolute atomic E-state index is 0.0710. The van der Waals surface area contributed by atoms with Crippen LogP contribution in [0.5, 0.6) is 5.75 Å². The maximum atomic E-state index is 11.3. The highest BCUT2D eigenvalue weighted by atomic mass is 16.7. The molecule has 0 spiro atoms. The number of hydrogen-bond acceptors (Lipinski definition) is 4. The van der Waals surface area contributed by atoms with E-state index in [1.807, 2.05) is 24.3 Å². The van der Waals surface area contributed by atoms with E-state index in [9.17, 15) is 4.79 Å². The number of aryl methyl sites for hydroxylation is 1. The monoisotopic (exact) mass is 253 g/mol. The maximum Gasteiger partial charge on any atom is 0.281 e. The lowest BCUT2D eigenvalue weighted by molar-refractivity contribution is -0.136. The van der Waals surface area contributed by atoms with Crippen LogP contribution in [0.25, 0.3) is 0 Å². The van der Waals surface area contributed by atoms with Crippen LogP contribution in [0.3, 0.4) is 0 Å². The third-order valence-corrected chi connectivity index (χ3v) is 2.28.